The number of rotatable bonds is 6. The summed E-state index contributed by atoms with van der Waals surface area (Å²) in [6, 6.07) is 83.1. The molecule has 0 bridgehead atoms. The van der Waals surface area contributed by atoms with E-state index in [0.717, 1.165) is 0 Å². The van der Waals surface area contributed by atoms with Crippen molar-refractivity contribution in [1.29, 1.82) is 0 Å². The van der Waals surface area contributed by atoms with Crippen LogP contribution in [-0.4, -0.2) is 5.25 Å². The topological polar surface area (TPSA) is 0 Å². The Hall–Kier alpha value is -7.71. The van der Waals surface area contributed by atoms with Gasteiger partial charge in [-0.25, -0.2) is 0 Å². The van der Waals surface area contributed by atoms with Crippen molar-refractivity contribution in [3.63, 3.8) is 0 Å². The van der Waals surface area contributed by atoms with Crippen LogP contribution >= 0.6 is 11.8 Å². The van der Waals surface area contributed by atoms with Crippen molar-refractivity contribution >= 4 is 60.4 Å². The van der Waals surface area contributed by atoms with Gasteiger partial charge in [0, 0.05) is 16.1 Å². The summed E-state index contributed by atoms with van der Waals surface area (Å²) in [4.78, 5) is 1.37. The molecular weight excluding hydrogens is 801 g/mol. The van der Waals surface area contributed by atoms with Gasteiger partial charge >= 0.3 is 0 Å². The van der Waals surface area contributed by atoms with Crippen LogP contribution in [0.4, 0.5) is 0 Å². The van der Waals surface area contributed by atoms with Gasteiger partial charge in [-0.1, -0.05) is 218 Å². The summed E-state index contributed by atoms with van der Waals surface area (Å²) < 4.78 is 0. The molecule has 1 aliphatic carbocycles. The van der Waals surface area contributed by atoms with Gasteiger partial charge in [-0.2, -0.15) is 0 Å². The van der Waals surface area contributed by atoms with E-state index in [1.807, 2.05) is 11.8 Å². The fourth-order valence-electron chi connectivity index (χ4n) is 11.0. The lowest BCUT2D eigenvalue weighted by Gasteiger charge is -2.27. The lowest BCUT2D eigenvalue weighted by atomic mass is 9.79. The summed E-state index contributed by atoms with van der Waals surface area (Å²) in [6.07, 6.45) is 7.17. The van der Waals surface area contributed by atoms with E-state index in [-0.39, 0.29) is 11.2 Å². The predicted octanol–water partition coefficient (Wildman–Crippen LogP) is 17.8. The van der Waals surface area contributed by atoms with Gasteiger partial charge in [0.15, 0.2) is 0 Å². The Labute approximate surface area is 383 Å². The van der Waals surface area contributed by atoms with E-state index in [1.54, 1.807) is 0 Å². The second-order valence-corrected chi connectivity index (χ2v) is 18.6. The molecule has 13 rings (SSSR count). The molecule has 0 amide bonds. The summed E-state index contributed by atoms with van der Waals surface area (Å²) in [5.41, 5.74) is 16.7. The monoisotopic (exact) mass is 842 g/mol. The van der Waals surface area contributed by atoms with Crippen LogP contribution in [0.2, 0.25) is 0 Å². The maximum Gasteiger partial charge on any atom is 0.0454 e. The maximum atomic E-state index is 2.52. The second-order valence-electron chi connectivity index (χ2n) is 17.4. The fraction of sp³-hybridized carbons (Fsp3) is 0.0312. The molecule has 0 saturated carbocycles. The molecule has 1 aliphatic heterocycles. The van der Waals surface area contributed by atoms with Crippen LogP contribution in [0.5, 0.6) is 0 Å². The largest absolute Gasteiger partial charge is 0.117 e. The Morgan fingerprint density at radius 3 is 1.11 bits per heavy atom. The summed E-state index contributed by atoms with van der Waals surface area (Å²) in [5.74, 6) is 0.243. The minimum Gasteiger partial charge on any atom is -0.117 e. The average Bonchev–Trinajstić information content (AvgIpc) is 3.76. The molecule has 65 heavy (non-hydrogen) atoms. The summed E-state index contributed by atoms with van der Waals surface area (Å²) in [5, 5.41) is 10.5. The Balaban J connectivity index is 0.935. The quantitative estimate of drug-likeness (QED) is 0.150. The molecular formula is C64H42S. The van der Waals surface area contributed by atoms with Crippen molar-refractivity contribution < 1.29 is 0 Å². The van der Waals surface area contributed by atoms with E-state index >= 15 is 0 Å². The van der Waals surface area contributed by atoms with E-state index in [0.29, 0.717) is 0 Å². The first-order chi connectivity index (χ1) is 32.3. The molecule has 0 spiro atoms. The maximum absolute atomic E-state index is 2.52. The standard InChI is InChI=1S/C64H42S/c1-3-18-41(19-4-1)43-22-15-24-45(38-43)60-48-26-7-9-28-50(48)62(51-29-10-8-27-49(51)60)47-36-37-59-58(40-47)56-34-17-35-57(64(56)65-59)63-54-32-13-11-30-52(54)61(53-31-12-14-33-55(53)63)46-25-16-23-44(39-46)42-20-5-2-6-21-42/h1-40,56,64H. The number of hydrogen-bond acceptors (Lipinski definition) is 1. The number of thioether (sulfide) groups is 1. The molecule has 0 fully saturated rings. The molecule has 2 aliphatic rings. The summed E-state index contributed by atoms with van der Waals surface area (Å²) in [6.45, 7) is 0. The molecule has 0 saturated heterocycles. The highest BCUT2D eigenvalue weighted by molar-refractivity contribution is 8.00. The Morgan fingerprint density at radius 1 is 0.292 bits per heavy atom. The van der Waals surface area contributed by atoms with Crippen LogP contribution in [0.25, 0.3) is 104 Å². The molecule has 304 valence electrons. The first-order valence-electron chi connectivity index (χ1n) is 22.7. The van der Waals surface area contributed by atoms with E-state index < -0.39 is 0 Å². The van der Waals surface area contributed by atoms with Gasteiger partial charge in [0.1, 0.15) is 0 Å². The smallest absolute Gasteiger partial charge is 0.0454 e. The van der Waals surface area contributed by atoms with Gasteiger partial charge in [0.05, 0.1) is 0 Å². The third-order valence-electron chi connectivity index (χ3n) is 13.8. The normalized spacial score (nSPS) is 15.4. The first kappa shape index (κ1) is 37.8. The molecule has 0 nitrogen and oxygen atoms in total. The summed E-state index contributed by atoms with van der Waals surface area (Å²) in [7, 11) is 0. The SMILES string of the molecule is C1=CC2c3cc(-c4c5ccccc5c(-c5cccc(-c6ccccc6)c5)c5ccccc45)ccc3SC2C(c2c3ccccc3c(-c3cccc(-c4ccccc4)c3)c3ccccc23)=C1. The van der Waals surface area contributed by atoms with Gasteiger partial charge in [-0.3, -0.25) is 0 Å². The third-order valence-corrected chi connectivity index (χ3v) is 15.2. The lowest BCUT2D eigenvalue weighted by molar-refractivity contribution is 0.895. The van der Waals surface area contributed by atoms with Crippen LogP contribution in [-0.2, 0) is 0 Å². The van der Waals surface area contributed by atoms with E-state index in [4.69, 9.17) is 0 Å². The molecule has 11 aromatic carbocycles. The van der Waals surface area contributed by atoms with Gasteiger partial charge in [0.25, 0.3) is 0 Å². The van der Waals surface area contributed by atoms with Crippen molar-refractivity contribution in [3.8, 4) is 55.6 Å². The molecule has 0 radical (unpaired) electrons. The van der Waals surface area contributed by atoms with Crippen LogP contribution < -0.4 is 0 Å². The molecule has 1 heterocycles. The molecule has 2 atom stereocenters. The Bertz CT molecular complexity index is 3630. The minimum absolute atomic E-state index is 0.243. The van der Waals surface area contributed by atoms with Gasteiger partial charge in [-0.15, -0.1) is 11.8 Å². The molecule has 0 N–H and O–H groups in total. The number of benzene rings is 11. The number of allylic oxidation sites excluding steroid dienone is 3. The van der Waals surface area contributed by atoms with Crippen LogP contribution in [0.15, 0.2) is 248 Å². The Kier molecular flexibility index (Phi) is 9.03. The highest BCUT2D eigenvalue weighted by atomic mass is 32.2. The minimum atomic E-state index is 0.243. The highest BCUT2D eigenvalue weighted by Gasteiger charge is 2.37. The van der Waals surface area contributed by atoms with Crippen LogP contribution in [0, 0.1) is 0 Å². The number of fused-ring (bicyclic) bond motifs is 7. The number of hydrogen-bond donors (Lipinski definition) is 0. The predicted molar refractivity (Wildman–Crippen MR) is 280 cm³/mol. The van der Waals surface area contributed by atoms with Gasteiger partial charge < -0.3 is 0 Å². The van der Waals surface area contributed by atoms with E-state index in [9.17, 15) is 0 Å². The highest BCUT2D eigenvalue weighted by Crippen LogP contribution is 2.56. The second kappa shape index (κ2) is 15.5. The van der Waals surface area contributed by atoms with Crippen molar-refractivity contribution in [2.24, 2.45) is 0 Å². The Morgan fingerprint density at radius 2 is 0.662 bits per heavy atom. The summed E-state index contributed by atoms with van der Waals surface area (Å²) >= 11 is 2.03. The molecule has 0 aromatic heterocycles. The zero-order chi connectivity index (χ0) is 42.8. The van der Waals surface area contributed by atoms with Crippen molar-refractivity contribution in [3.05, 3.63) is 254 Å². The first-order valence-corrected chi connectivity index (χ1v) is 23.5. The van der Waals surface area contributed by atoms with E-state index in [1.165, 1.54) is 120 Å². The van der Waals surface area contributed by atoms with Gasteiger partial charge in [0.2, 0.25) is 0 Å². The van der Waals surface area contributed by atoms with Crippen LogP contribution in [0.3, 0.4) is 0 Å². The van der Waals surface area contributed by atoms with E-state index in [2.05, 4.69) is 243 Å². The third kappa shape index (κ3) is 6.22. The molecule has 2 unspecified atom stereocenters. The molecule has 11 aromatic rings. The van der Waals surface area contributed by atoms with Crippen molar-refractivity contribution in [2.45, 2.75) is 16.1 Å². The van der Waals surface area contributed by atoms with Crippen molar-refractivity contribution in [1.82, 2.24) is 0 Å². The van der Waals surface area contributed by atoms with Gasteiger partial charge in [-0.05, 0) is 140 Å². The average molecular weight is 843 g/mol. The zero-order valence-electron chi connectivity index (χ0n) is 35.7. The zero-order valence-corrected chi connectivity index (χ0v) is 36.5. The van der Waals surface area contributed by atoms with Crippen molar-refractivity contribution in [2.75, 3.05) is 0 Å². The fourth-order valence-corrected chi connectivity index (χ4v) is 12.4. The lowest BCUT2D eigenvalue weighted by Crippen LogP contribution is -2.14. The molecule has 1 heteroatoms. The van der Waals surface area contributed by atoms with Crippen LogP contribution in [0.1, 0.15) is 17.0 Å².